The van der Waals surface area contributed by atoms with Crippen molar-refractivity contribution in [3.8, 4) is 0 Å². The van der Waals surface area contributed by atoms with Gasteiger partial charge in [-0.2, -0.15) is 0 Å². The third-order valence-electron chi connectivity index (χ3n) is 2.95. The van der Waals surface area contributed by atoms with Crippen LogP contribution in [-0.4, -0.2) is 23.7 Å². The lowest BCUT2D eigenvalue weighted by Crippen LogP contribution is -2.37. The van der Waals surface area contributed by atoms with Gasteiger partial charge in [0.25, 0.3) is 0 Å². The molecule has 0 heterocycles. The Morgan fingerprint density at radius 3 is 2.28 bits per heavy atom. The summed E-state index contributed by atoms with van der Waals surface area (Å²) >= 11 is 0. The maximum absolute atomic E-state index is 11.9. The van der Waals surface area contributed by atoms with E-state index < -0.39 is 23.3 Å². The Bertz CT molecular complexity index is 318. The van der Waals surface area contributed by atoms with Crippen LogP contribution in [-0.2, 0) is 14.3 Å². The molecule has 0 rings (SSSR count). The summed E-state index contributed by atoms with van der Waals surface area (Å²) in [7, 11) is 0. The molecule has 0 amide bonds. The summed E-state index contributed by atoms with van der Waals surface area (Å²) in [6.07, 6.45) is 2.02. The summed E-state index contributed by atoms with van der Waals surface area (Å²) < 4.78 is 5.08. The molecule has 18 heavy (non-hydrogen) atoms. The van der Waals surface area contributed by atoms with Gasteiger partial charge in [0.2, 0.25) is 0 Å². The highest BCUT2D eigenvalue weighted by molar-refractivity contribution is 5.89. The Hall–Kier alpha value is -1.32. The van der Waals surface area contributed by atoms with Gasteiger partial charge in [-0.1, -0.05) is 26.8 Å². The smallest absolute Gasteiger partial charge is 0.331 e. The van der Waals surface area contributed by atoms with Crippen molar-refractivity contribution in [2.75, 3.05) is 6.61 Å². The third-order valence-corrected chi connectivity index (χ3v) is 2.95. The lowest BCUT2D eigenvalue weighted by atomic mass is 9.72. The molecule has 0 aromatic carbocycles. The average molecular weight is 255 g/mol. The van der Waals surface area contributed by atoms with Crippen molar-refractivity contribution in [2.45, 2.75) is 40.0 Å². The zero-order chi connectivity index (χ0) is 14.3. The van der Waals surface area contributed by atoms with E-state index in [9.17, 15) is 9.59 Å². The average Bonchev–Trinajstić information content (AvgIpc) is 2.31. The zero-order valence-corrected chi connectivity index (χ0v) is 11.5. The van der Waals surface area contributed by atoms with Crippen molar-refractivity contribution in [1.82, 2.24) is 0 Å². The minimum atomic E-state index is -1.11. The van der Waals surface area contributed by atoms with E-state index in [4.69, 9.17) is 9.84 Å². The molecule has 4 nitrogen and oxygen atoms in total. The molecule has 2 atom stereocenters. The summed E-state index contributed by atoms with van der Waals surface area (Å²) in [5.74, 6) is -2.07. The van der Waals surface area contributed by atoms with Crippen LogP contribution in [0.4, 0.5) is 0 Å². The lowest BCUT2D eigenvalue weighted by molar-refractivity contribution is -0.155. The van der Waals surface area contributed by atoms with Crippen LogP contribution in [0.15, 0.2) is 12.2 Å². The highest BCUT2D eigenvalue weighted by Crippen LogP contribution is 2.36. The Kier molecular flexibility index (Phi) is 6.66. The number of ether oxygens (including phenoxy) is 1. The van der Waals surface area contributed by atoms with E-state index in [1.54, 1.807) is 6.92 Å². The number of esters is 1. The van der Waals surface area contributed by atoms with Gasteiger partial charge in [0.05, 0.1) is 12.0 Å². The van der Waals surface area contributed by atoms with Crippen LogP contribution in [0.3, 0.4) is 0 Å². The summed E-state index contributed by atoms with van der Waals surface area (Å²) in [4.78, 5) is 23.0. The summed E-state index contributed by atoms with van der Waals surface area (Å²) in [5, 5.41) is 9.02. The van der Waals surface area contributed by atoms with Gasteiger partial charge in [-0.3, -0.25) is 4.79 Å². The molecule has 0 aromatic rings. The Labute approximate surface area is 109 Å². The summed E-state index contributed by atoms with van der Waals surface area (Å²) in [5.41, 5.74) is -1.09. The topological polar surface area (TPSA) is 63.6 Å². The second kappa shape index (κ2) is 7.19. The molecule has 0 aliphatic heterocycles. The molecule has 4 heteroatoms. The molecule has 0 spiro atoms. The second-order valence-electron chi connectivity index (χ2n) is 4.73. The van der Waals surface area contributed by atoms with Crippen LogP contribution in [0.1, 0.15) is 40.0 Å². The molecule has 0 aromatic heterocycles. The quantitative estimate of drug-likeness (QED) is 0.535. The van der Waals surface area contributed by atoms with Crippen LogP contribution < -0.4 is 0 Å². The van der Waals surface area contributed by atoms with E-state index in [0.29, 0.717) is 13.0 Å². The van der Waals surface area contributed by atoms with Crippen LogP contribution in [0, 0.1) is 18.3 Å². The van der Waals surface area contributed by atoms with E-state index in [-0.39, 0.29) is 5.57 Å². The van der Waals surface area contributed by atoms with E-state index in [0.717, 1.165) is 12.8 Å². The minimum Gasteiger partial charge on any atom is -0.478 e. The normalized spacial score (nSPS) is 12.9. The SMILES string of the molecule is [CH2]C(C)(C(=O)OCCC)C(CCC)C(=C)C(=O)O. The van der Waals surface area contributed by atoms with Crippen LogP contribution in [0.25, 0.3) is 0 Å². The molecular formula is C14H23O4. The van der Waals surface area contributed by atoms with Crippen molar-refractivity contribution >= 4 is 11.9 Å². The number of aliphatic carboxylic acids is 1. The first-order valence-electron chi connectivity index (χ1n) is 6.23. The predicted molar refractivity (Wildman–Crippen MR) is 69.9 cm³/mol. The first-order chi connectivity index (χ1) is 8.28. The van der Waals surface area contributed by atoms with E-state index in [1.807, 2.05) is 13.8 Å². The van der Waals surface area contributed by atoms with Crippen molar-refractivity contribution in [3.05, 3.63) is 19.1 Å². The Morgan fingerprint density at radius 1 is 1.33 bits per heavy atom. The third kappa shape index (κ3) is 4.17. The molecule has 0 saturated carbocycles. The van der Waals surface area contributed by atoms with E-state index >= 15 is 0 Å². The molecule has 0 bridgehead atoms. The number of carbonyl (C=O) groups excluding carboxylic acids is 1. The number of carboxylic acids is 1. The van der Waals surface area contributed by atoms with Gasteiger partial charge in [-0.05, 0) is 26.7 Å². The number of carboxylic acid groups (broad SMARTS) is 1. The maximum Gasteiger partial charge on any atom is 0.331 e. The van der Waals surface area contributed by atoms with Crippen molar-refractivity contribution in [1.29, 1.82) is 0 Å². The van der Waals surface area contributed by atoms with Gasteiger partial charge >= 0.3 is 11.9 Å². The fraction of sp³-hybridized carbons (Fsp3) is 0.643. The fourth-order valence-electron chi connectivity index (χ4n) is 1.82. The van der Waals surface area contributed by atoms with Crippen molar-refractivity contribution < 1.29 is 19.4 Å². The molecule has 0 aliphatic rings. The fourth-order valence-corrected chi connectivity index (χ4v) is 1.82. The summed E-state index contributed by atoms with van der Waals surface area (Å²) in [6, 6.07) is 0. The Balaban J connectivity index is 5.01. The molecule has 0 saturated heterocycles. The summed E-state index contributed by atoms with van der Waals surface area (Å²) in [6.45, 7) is 13.2. The van der Waals surface area contributed by atoms with Gasteiger partial charge in [-0.15, -0.1) is 0 Å². The van der Waals surface area contributed by atoms with Crippen molar-refractivity contribution in [3.63, 3.8) is 0 Å². The van der Waals surface area contributed by atoms with Gasteiger partial charge < -0.3 is 9.84 Å². The first kappa shape index (κ1) is 16.7. The Morgan fingerprint density at radius 2 is 1.89 bits per heavy atom. The van der Waals surface area contributed by atoms with Gasteiger partial charge in [0.1, 0.15) is 0 Å². The standard InChI is InChI=1S/C14H23O4/c1-6-8-11(10(3)12(15)16)14(4,5)13(17)18-9-7-2/h11H,3-4,6-9H2,1-2,5H3,(H,15,16). The molecule has 0 aliphatic carbocycles. The molecule has 1 N–H and O–H groups in total. The predicted octanol–water partition coefficient (Wildman–Crippen LogP) is 2.84. The number of hydrogen-bond donors (Lipinski definition) is 1. The lowest BCUT2D eigenvalue weighted by Gasteiger charge is -2.32. The van der Waals surface area contributed by atoms with E-state index in [2.05, 4.69) is 13.5 Å². The highest BCUT2D eigenvalue weighted by atomic mass is 16.5. The van der Waals surface area contributed by atoms with E-state index in [1.165, 1.54) is 0 Å². The number of rotatable bonds is 8. The van der Waals surface area contributed by atoms with Crippen LogP contribution in [0.2, 0.25) is 0 Å². The molecular weight excluding hydrogens is 232 g/mol. The van der Waals surface area contributed by atoms with Gasteiger partial charge in [0, 0.05) is 11.5 Å². The second-order valence-corrected chi connectivity index (χ2v) is 4.73. The van der Waals surface area contributed by atoms with Crippen LogP contribution >= 0.6 is 0 Å². The van der Waals surface area contributed by atoms with Crippen LogP contribution in [0.5, 0.6) is 0 Å². The van der Waals surface area contributed by atoms with Gasteiger partial charge in [0.15, 0.2) is 0 Å². The molecule has 0 fully saturated rings. The van der Waals surface area contributed by atoms with Gasteiger partial charge in [-0.25, -0.2) is 4.79 Å². The number of hydrogen-bond acceptors (Lipinski definition) is 3. The number of carbonyl (C=O) groups is 2. The zero-order valence-electron chi connectivity index (χ0n) is 11.5. The molecule has 1 radical (unpaired) electrons. The minimum absolute atomic E-state index is 0.0165. The highest BCUT2D eigenvalue weighted by Gasteiger charge is 2.41. The molecule has 2 unspecified atom stereocenters. The monoisotopic (exact) mass is 255 g/mol. The van der Waals surface area contributed by atoms with Crippen molar-refractivity contribution in [2.24, 2.45) is 11.3 Å². The largest absolute Gasteiger partial charge is 0.478 e. The maximum atomic E-state index is 11.9. The molecule has 103 valence electrons. The first-order valence-corrected chi connectivity index (χ1v) is 6.23.